The van der Waals surface area contributed by atoms with Gasteiger partial charge in [-0.25, -0.2) is 4.98 Å². The highest BCUT2D eigenvalue weighted by Crippen LogP contribution is 2.44. The largest absolute Gasteiger partial charge is 0.381 e. The van der Waals surface area contributed by atoms with Gasteiger partial charge in [-0.05, 0) is 71.0 Å². The maximum atomic E-state index is 12.7. The van der Waals surface area contributed by atoms with Crippen LogP contribution in [0, 0.1) is 5.41 Å². The molecule has 2 saturated heterocycles. The summed E-state index contributed by atoms with van der Waals surface area (Å²) in [5, 5.41) is 8.84. The molecule has 0 bridgehead atoms. The Balaban J connectivity index is 1.28. The molecule has 1 amide bonds. The normalized spacial score (nSPS) is 23.2. The van der Waals surface area contributed by atoms with Crippen LogP contribution in [0.15, 0.2) is 24.3 Å². The number of thiophene rings is 1. The minimum Gasteiger partial charge on any atom is -0.381 e. The number of likely N-dealkylation sites (tertiary alicyclic amines) is 1. The van der Waals surface area contributed by atoms with Crippen LogP contribution in [-0.4, -0.2) is 60.6 Å². The second-order valence-electron chi connectivity index (χ2n) is 10.2. The molecule has 3 aliphatic rings. The van der Waals surface area contributed by atoms with E-state index in [0.717, 1.165) is 57.0 Å². The second kappa shape index (κ2) is 7.32. The first kappa shape index (κ1) is 20.2. The van der Waals surface area contributed by atoms with Crippen molar-refractivity contribution in [2.24, 2.45) is 5.41 Å². The zero-order valence-electron chi connectivity index (χ0n) is 19.1. The van der Waals surface area contributed by atoms with Crippen LogP contribution in [0.25, 0.3) is 21.0 Å². The van der Waals surface area contributed by atoms with E-state index in [1.54, 1.807) is 11.3 Å². The number of carbonyl (C=O) groups is 1. The number of hydrogen-bond acceptors (Lipinski definition) is 6. The highest BCUT2D eigenvalue weighted by Gasteiger charge is 2.45. The molecule has 3 aromatic rings. The van der Waals surface area contributed by atoms with Crippen molar-refractivity contribution in [1.82, 2.24) is 15.2 Å². The Morgan fingerprint density at radius 1 is 1.16 bits per heavy atom. The molecule has 0 saturated carbocycles. The molecule has 168 valence electrons. The summed E-state index contributed by atoms with van der Waals surface area (Å²) in [4.78, 5) is 23.5. The first-order valence-electron chi connectivity index (χ1n) is 11.8. The summed E-state index contributed by atoms with van der Waals surface area (Å²) in [6, 6.07) is 9.36. The fourth-order valence-electron chi connectivity index (χ4n) is 5.65. The van der Waals surface area contributed by atoms with Crippen LogP contribution < -0.4 is 15.5 Å². The molecule has 32 heavy (non-hydrogen) atoms. The van der Waals surface area contributed by atoms with Crippen LogP contribution in [-0.2, 0) is 0 Å². The van der Waals surface area contributed by atoms with E-state index in [0.29, 0.717) is 11.5 Å². The number of benzene rings is 1. The molecule has 6 rings (SSSR count). The van der Waals surface area contributed by atoms with E-state index in [9.17, 15) is 4.79 Å². The lowest BCUT2D eigenvalue weighted by atomic mass is 9.72. The predicted molar refractivity (Wildman–Crippen MR) is 133 cm³/mol. The van der Waals surface area contributed by atoms with Crippen molar-refractivity contribution in [3.05, 3.63) is 29.1 Å². The minimum atomic E-state index is 0.0193. The predicted octanol–water partition coefficient (Wildman–Crippen LogP) is 4.30. The minimum absolute atomic E-state index is 0.0193. The lowest BCUT2D eigenvalue weighted by molar-refractivity contribution is 0.0597. The van der Waals surface area contributed by atoms with E-state index in [1.165, 1.54) is 25.9 Å². The number of nitrogens with one attached hydrogen (secondary N) is 2. The van der Waals surface area contributed by atoms with E-state index in [1.807, 2.05) is 6.92 Å². The van der Waals surface area contributed by atoms with Crippen LogP contribution in [0.2, 0.25) is 0 Å². The summed E-state index contributed by atoms with van der Waals surface area (Å²) in [6.07, 6.45) is 2.59. The molecule has 1 atom stereocenters. The third-order valence-corrected chi connectivity index (χ3v) is 8.80. The number of nitrogens with zero attached hydrogens (tertiary/aromatic N) is 3. The van der Waals surface area contributed by atoms with Crippen LogP contribution in [0.4, 0.5) is 11.5 Å². The Morgan fingerprint density at radius 3 is 2.69 bits per heavy atom. The zero-order chi connectivity index (χ0) is 22.0. The Hall–Kier alpha value is -2.38. The van der Waals surface area contributed by atoms with E-state index in [-0.39, 0.29) is 11.9 Å². The molecule has 5 heterocycles. The van der Waals surface area contributed by atoms with Gasteiger partial charge in [-0.3, -0.25) is 4.79 Å². The number of aromatic nitrogens is 1. The topological polar surface area (TPSA) is 60.5 Å². The van der Waals surface area contributed by atoms with Crippen LogP contribution in [0.3, 0.4) is 0 Å². The SMILES string of the molecule is CC(C)N1CCC2(CC1)CN(c1ccc3c(ccc4sc5c(c43)NC[C@@H](C)NC5=O)n1)C2. The van der Waals surface area contributed by atoms with Gasteiger partial charge in [0.25, 0.3) is 5.91 Å². The Bertz CT molecular complexity index is 1200. The number of rotatable bonds is 2. The van der Waals surface area contributed by atoms with Gasteiger partial charge in [-0.2, -0.15) is 0 Å². The second-order valence-corrected chi connectivity index (χ2v) is 11.3. The maximum absolute atomic E-state index is 12.7. The summed E-state index contributed by atoms with van der Waals surface area (Å²) in [6.45, 7) is 12.0. The molecule has 7 heteroatoms. The molecule has 2 fully saturated rings. The number of carbonyl (C=O) groups excluding carboxylic acids is 1. The molecule has 2 aromatic heterocycles. The standard InChI is InChI=1S/C25H31N5OS/c1-15(2)29-10-8-25(9-11-29)13-30(14-25)20-7-4-17-18(28-20)5-6-19-21(17)22-23(32-19)24(31)27-16(3)12-26-22/h4-7,15-16,26H,8-14H2,1-3H3,(H,27,31)/t16-/m1/s1. The molecule has 0 radical (unpaired) electrons. The van der Waals surface area contributed by atoms with Crippen molar-refractivity contribution < 1.29 is 4.79 Å². The Morgan fingerprint density at radius 2 is 1.94 bits per heavy atom. The number of amides is 1. The third-order valence-electron chi connectivity index (χ3n) is 7.64. The molecule has 2 N–H and O–H groups in total. The summed E-state index contributed by atoms with van der Waals surface area (Å²) >= 11 is 1.56. The summed E-state index contributed by atoms with van der Waals surface area (Å²) in [5.74, 6) is 1.10. The molecule has 3 aliphatic heterocycles. The molecular formula is C25H31N5OS. The molecule has 6 nitrogen and oxygen atoms in total. The summed E-state index contributed by atoms with van der Waals surface area (Å²) in [7, 11) is 0. The van der Waals surface area contributed by atoms with Gasteiger partial charge in [0.2, 0.25) is 0 Å². The van der Waals surface area contributed by atoms with Gasteiger partial charge in [0.15, 0.2) is 0 Å². The van der Waals surface area contributed by atoms with Gasteiger partial charge in [0, 0.05) is 52.6 Å². The fourth-order valence-corrected chi connectivity index (χ4v) is 6.75. The van der Waals surface area contributed by atoms with Gasteiger partial charge in [0.1, 0.15) is 10.7 Å². The number of piperidine rings is 1. The molecule has 0 unspecified atom stereocenters. The van der Waals surface area contributed by atoms with E-state index < -0.39 is 0 Å². The van der Waals surface area contributed by atoms with Gasteiger partial charge in [-0.15, -0.1) is 11.3 Å². The third kappa shape index (κ3) is 3.17. The highest BCUT2D eigenvalue weighted by molar-refractivity contribution is 7.21. The molecular weight excluding hydrogens is 418 g/mol. The van der Waals surface area contributed by atoms with Crippen molar-refractivity contribution in [1.29, 1.82) is 0 Å². The number of anilines is 2. The molecule has 0 aliphatic carbocycles. The highest BCUT2D eigenvalue weighted by atomic mass is 32.1. The Labute approximate surface area is 193 Å². The first-order valence-corrected chi connectivity index (χ1v) is 12.6. The Kier molecular flexibility index (Phi) is 4.63. The smallest absolute Gasteiger partial charge is 0.263 e. The first-order chi connectivity index (χ1) is 15.4. The molecule has 1 aromatic carbocycles. The van der Waals surface area contributed by atoms with Gasteiger partial charge >= 0.3 is 0 Å². The quantitative estimate of drug-likeness (QED) is 0.611. The van der Waals surface area contributed by atoms with E-state index >= 15 is 0 Å². The van der Waals surface area contributed by atoms with Crippen LogP contribution in [0.1, 0.15) is 43.3 Å². The van der Waals surface area contributed by atoms with Crippen molar-refractivity contribution in [2.75, 3.05) is 42.9 Å². The number of fused-ring (bicyclic) bond motifs is 5. The summed E-state index contributed by atoms with van der Waals surface area (Å²) < 4.78 is 1.13. The van der Waals surface area contributed by atoms with Crippen molar-refractivity contribution in [3.63, 3.8) is 0 Å². The number of hydrogen-bond donors (Lipinski definition) is 2. The van der Waals surface area contributed by atoms with E-state index in [2.05, 4.69) is 58.5 Å². The lowest BCUT2D eigenvalue weighted by Gasteiger charge is -2.55. The van der Waals surface area contributed by atoms with Crippen molar-refractivity contribution in [2.45, 2.75) is 45.7 Å². The van der Waals surface area contributed by atoms with Crippen LogP contribution >= 0.6 is 11.3 Å². The fraction of sp³-hybridized carbons (Fsp3) is 0.520. The van der Waals surface area contributed by atoms with Gasteiger partial charge in [-0.1, -0.05) is 0 Å². The van der Waals surface area contributed by atoms with Gasteiger partial charge in [0.05, 0.1) is 11.2 Å². The van der Waals surface area contributed by atoms with Crippen molar-refractivity contribution >= 4 is 49.7 Å². The number of pyridine rings is 1. The zero-order valence-corrected chi connectivity index (χ0v) is 19.9. The average Bonchev–Trinajstić information content (AvgIpc) is 3.08. The lowest BCUT2D eigenvalue weighted by Crippen LogP contribution is -2.61. The monoisotopic (exact) mass is 449 g/mol. The van der Waals surface area contributed by atoms with Crippen LogP contribution in [0.5, 0.6) is 0 Å². The molecule has 1 spiro atoms. The maximum Gasteiger partial charge on any atom is 0.263 e. The van der Waals surface area contributed by atoms with Crippen molar-refractivity contribution in [3.8, 4) is 0 Å². The van der Waals surface area contributed by atoms with Gasteiger partial charge < -0.3 is 20.4 Å². The van der Waals surface area contributed by atoms with E-state index in [4.69, 9.17) is 4.98 Å². The average molecular weight is 450 g/mol. The summed E-state index contributed by atoms with van der Waals surface area (Å²) in [5.41, 5.74) is 2.45.